The zero-order chi connectivity index (χ0) is 17.7. The van der Waals surface area contributed by atoms with Crippen molar-refractivity contribution in [3.05, 3.63) is 74.8 Å². The van der Waals surface area contributed by atoms with Crippen molar-refractivity contribution in [2.75, 3.05) is 5.75 Å². The van der Waals surface area contributed by atoms with Crippen molar-refractivity contribution in [1.82, 2.24) is 0 Å². The second-order valence-corrected chi connectivity index (χ2v) is 9.05. The molecule has 0 atom stereocenters. The van der Waals surface area contributed by atoms with E-state index in [1.807, 2.05) is 31.2 Å². The van der Waals surface area contributed by atoms with Gasteiger partial charge in [-0.15, -0.1) is 6.42 Å². The molecule has 0 aliphatic rings. The quantitative estimate of drug-likeness (QED) is 0.320. The number of halogens is 2. The Balaban J connectivity index is 0.00000312. The van der Waals surface area contributed by atoms with Crippen LogP contribution in [0.15, 0.2) is 47.4 Å². The Bertz CT molecular complexity index is 857. The van der Waals surface area contributed by atoms with E-state index in [4.69, 9.17) is 23.2 Å². The first-order chi connectivity index (χ1) is 11.3. The van der Waals surface area contributed by atoms with Crippen molar-refractivity contribution in [1.29, 1.82) is 0 Å². The molecule has 8 heteroatoms. The maximum absolute atomic E-state index is 12.3. The summed E-state index contributed by atoms with van der Waals surface area (Å²) in [4.78, 5) is 0.0303. The number of hydrogen-bond donors (Lipinski definition) is 0. The van der Waals surface area contributed by atoms with Crippen LogP contribution in [0.2, 0.25) is 10.0 Å². The number of thioether (sulfide) groups is 1. The molecule has 0 heterocycles. The molecule has 0 fully saturated rings. The van der Waals surface area contributed by atoms with Gasteiger partial charge in [0, 0.05) is 32.7 Å². The summed E-state index contributed by atoms with van der Waals surface area (Å²) in [5, 5.41) is 10.2. The van der Waals surface area contributed by atoms with E-state index in [1.54, 1.807) is 5.75 Å². The van der Waals surface area contributed by atoms with E-state index in [0.29, 0.717) is 6.42 Å². The van der Waals surface area contributed by atoms with Crippen LogP contribution in [0.1, 0.15) is 11.1 Å². The molecule has 0 N–H and O–H groups in total. The van der Waals surface area contributed by atoms with Crippen LogP contribution >= 0.6 is 35.0 Å². The van der Waals surface area contributed by atoms with Crippen molar-refractivity contribution in [2.45, 2.75) is 18.2 Å². The molecule has 2 rings (SSSR count). The first kappa shape index (κ1) is 23.1. The molecule has 0 aliphatic carbocycles. The topological polar surface area (TPSA) is 56.4 Å². The van der Waals surface area contributed by atoms with Gasteiger partial charge in [-0.2, -0.15) is 5.04 Å². The molecule has 0 saturated carbocycles. The zero-order valence-corrected chi connectivity index (χ0v) is 19.4. The number of nitrogens with zero attached hydrogens (tertiary/aromatic N) is 1. The third kappa shape index (κ3) is 7.32. The Labute approximate surface area is 188 Å². The fourth-order valence-electron chi connectivity index (χ4n) is 2.02. The molecule has 2 aromatic rings. The van der Waals surface area contributed by atoms with E-state index in [2.05, 4.69) is 0 Å². The summed E-state index contributed by atoms with van der Waals surface area (Å²) in [7, 11) is -3.67. The molecule has 3 nitrogen and oxygen atoms in total. The second kappa shape index (κ2) is 10.4. The van der Waals surface area contributed by atoms with E-state index < -0.39 is 15.6 Å². The molecule has 0 saturated heterocycles. The maximum Gasteiger partial charge on any atom is 0.181 e. The number of hydrogen-bond acceptors (Lipinski definition) is 3. The van der Waals surface area contributed by atoms with Crippen molar-refractivity contribution in [3.63, 3.8) is 0 Å². The normalized spacial score (nSPS) is 11.0. The third-order valence-electron chi connectivity index (χ3n) is 3.18. The number of aryl methyl sites for hydroxylation is 1. The molecule has 0 unspecified atom stereocenters. The average molecular weight is 489 g/mol. The Morgan fingerprint density at radius 3 is 2.52 bits per heavy atom. The summed E-state index contributed by atoms with van der Waals surface area (Å²) in [6.07, 6.45) is 0.628. The molecule has 2 aromatic carbocycles. The second-order valence-electron chi connectivity index (χ2n) is 5.21. The minimum Gasteiger partial charge on any atom is -0.803 e. The van der Waals surface area contributed by atoms with Crippen LogP contribution in [0.25, 0.3) is 5.41 Å². The predicted molar refractivity (Wildman–Crippen MR) is 104 cm³/mol. The van der Waals surface area contributed by atoms with E-state index in [-0.39, 0.29) is 52.7 Å². The fourth-order valence-corrected chi connectivity index (χ4v) is 4.66. The van der Waals surface area contributed by atoms with Crippen LogP contribution < -0.4 is 0 Å². The van der Waals surface area contributed by atoms with Gasteiger partial charge in [0.15, 0.2) is 9.84 Å². The van der Waals surface area contributed by atoms with Crippen LogP contribution in [-0.4, -0.2) is 19.2 Å². The van der Waals surface area contributed by atoms with Gasteiger partial charge in [-0.25, -0.2) is 8.42 Å². The molecule has 0 aromatic heterocycles. The molecular weight excluding hydrogens is 474 g/mol. The largest absolute Gasteiger partial charge is 0.803 e. The van der Waals surface area contributed by atoms with E-state index in [9.17, 15) is 13.8 Å². The molecule has 25 heavy (non-hydrogen) atoms. The molecule has 0 bridgehead atoms. The minimum atomic E-state index is -3.67. The van der Waals surface area contributed by atoms with Crippen LogP contribution in [0.4, 0.5) is 0 Å². The summed E-state index contributed by atoms with van der Waals surface area (Å²) in [6.45, 7) is 2.00. The van der Waals surface area contributed by atoms with Crippen LogP contribution in [0.3, 0.4) is 0 Å². The van der Waals surface area contributed by atoms with Gasteiger partial charge in [-0.05, 0) is 25.1 Å². The molecule has 0 aliphatic heterocycles. The minimum absolute atomic E-state index is 0. The van der Waals surface area contributed by atoms with Gasteiger partial charge < -0.3 is 17.2 Å². The van der Waals surface area contributed by atoms with Crippen LogP contribution in [-0.2, 0) is 49.0 Å². The summed E-state index contributed by atoms with van der Waals surface area (Å²) in [5.41, 5.74) is 2.25. The van der Waals surface area contributed by atoms with Crippen LogP contribution in [0.5, 0.6) is 0 Å². The first-order valence-electron chi connectivity index (χ1n) is 7.04. The first-order valence-corrected chi connectivity index (χ1v) is 10.3. The smallest absolute Gasteiger partial charge is 0.181 e. The molecule has 1 radical (unpaired) electrons. The third-order valence-corrected chi connectivity index (χ3v) is 6.48. The summed E-state index contributed by atoms with van der Waals surface area (Å²) < 4.78 is 24.5. The SMILES string of the molecule is Cc1cccc(C[CH-]SC(=[N-])CS(=O)(=O)c2ccc(Cl)c(Cl)c2)c1.[Y]. The molecule has 131 valence electrons. The molecular formula is C17H15Cl2NO2S2Y-2. The van der Waals surface area contributed by atoms with Crippen molar-refractivity contribution in [3.8, 4) is 0 Å². The predicted octanol–water partition coefficient (Wildman–Crippen LogP) is 5.18. The van der Waals surface area contributed by atoms with Gasteiger partial charge >= 0.3 is 0 Å². The molecule has 0 spiro atoms. The average Bonchev–Trinajstić information content (AvgIpc) is 2.49. The fraction of sp³-hybridized carbons (Fsp3) is 0.176. The number of benzene rings is 2. The maximum atomic E-state index is 12.3. The Hall–Kier alpha value is 0.0939. The van der Waals surface area contributed by atoms with Gasteiger partial charge in [0.2, 0.25) is 0 Å². The Morgan fingerprint density at radius 2 is 1.88 bits per heavy atom. The van der Waals surface area contributed by atoms with Crippen molar-refractivity contribution >= 4 is 49.8 Å². The molecule has 0 amide bonds. The Morgan fingerprint density at radius 1 is 1.16 bits per heavy atom. The van der Waals surface area contributed by atoms with Gasteiger partial charge in [0.05, 0.1) is 20.7 Å². The van der Waals surface area contributed by atoms with Gasteiger partial charge in [0.1, 0.15) is 0 Å². The van der Waals surface area contributed by atoms with Gasteiger partial charge in [-0.3, -0.25) is 5.75 Å². The monoisotopic (exact) mass is 488 g/mol. The summed E-state index contributed by atoms with van der Waals surface area (Å²) >= 11 is 12.6. The van der Waals surface area contributed by atoms with Gasteiger partial charge in [0.25, 0.3) is 0 Å². The Kier molecular flexibility index (Phi) is 9.65. The van der Waals surface area contributed by atoms with Crippen molar-refractivity contribution in [2.24, 2.45) is 0 Å². The van der Waals surface area contributed by atoms with E-state index in [1.165, 1.54) is 18.2 Å². The van der Waals surface area contributed by atoms with Gasteiger partial charge in [-0.1, -0.05) is 58.6 Å². The number of sulfone groups is 1. The zero-order valence-electron chi connectivity index (χ0n) is 13.4. The van der Waals surface area contributed by atoms with Crippen LogP contribution in [0, 0.1) is 12.7 Å². The van der Waals surface area contributed by atoms with E-state index >= 15 is 0 Å². The van der Waals surface area contributed by atoms with E-state index in [0.717, 1.165) is 22.9 Å². The summed E-state index contributed by atoms with van der Waals surface area (Å²) in [5.74, 6) is 1.30. The standard InChI is InChI=1S/C17H15Cl2NO2S2.Y/c1-12-3-2-4-13(9-12)7-8-23-17(20)11-24(21,22)14-5-6-15(18)16(19)10-14;/h2-6,8-10H,7,11H2,1H3;/q-2;. The van der Waals surface area contributed by atoms with Crippen molar-refractivity contribution < 1.29 is 41.1 Å². The summed E-state index contributed by atoms with van der Waals surface area (Å²) in [6, 6.07) is 12.1. The number of rotatable bonds is 6.